The zero-order valence-electron chi connectivity index (χ0n) is 8.91. The molecule has 0 fully saturated rings. The summed E-state index contributed by atoms with van der Waals surface area (Å²) in [5.41, 5.74) is 7.89. The van der Waals surface area contributed by atoms with Gasteiger partial charge in [-0.3, -0.25) is 0 Å². The number of nitrogens with two attached hydrogens (primary N) is 1. The van der Waals surface area contributed by atoms with Crippen molar-refractivity contribution in [2.24, 2.45) is 11.1 Å². The highest BCUT2D eigenvalue weighted by molar-refractivity contribution is 5.33. The maximum Gasteiger partial charge on any atom is 0.0991 e. The number of benzene rings is 1. The number of hydrogen-bond donors (Lipinski definition) is 1. The van der Waals surface area contributed by atoms with Gasteiger partial charge in [0.15, 0.2) is 0 Å². The molecule has 14 heavy (non-hydrogen) atoms. The highest BCUT2D eigenvalue weighted by atomic mass is 14.7. The Bertz CT molecular complexity index is 338. The van der Waals surface area contributed by atoms with E-state index < -0.39 is 0 Å². The van der Waals surface area contributed by atoms with Crippen LogP contribution in [0.5, 0.6) is 0 Å². The molecule has 1 atom stereocenters. The van der Waals surface area contributed by atoms with Crippen LogP contribution in [0.1, 0.15) is 37.9 Å². The molecule has 0 aliphatic rings. The normalized spacial score (nSPS) is 13.4. The third-order valence-electron chi connectivity index (χ3n) is 2.33. The van der Waals surface area contributed by atoms with Crippen LogP contribution in [0.15, 0.2) is 24.3 Å². The van der Waals surface area contributed by atoms with Crippen molar-refractivity contribution in [1.82, 2.24) is 0 Å². The maximum atomic E-state index is 8.65. The van der Waals surface area contributed by atoms with Crippen molar-refractivity contribution in [2.75, 3.05) is 0 Å². The van der Waals surface area contributed by atoms with E-state index in [0.717, 1.165) is 5.56 Å². The van der Waals surface area contributed by atoms with Gasteiger partial charge in [-0.05, 0) is 23.1 Å². The molecule has 0 aliphatic carbocycles. The van der Waals surface area contributed by atoms with Gasteiger partial charge < -0.3 is 5.73 Å². The summed E-state index contributed by atoms with van der Waals surface area (Å²) in [6, 6.07) is 9.56. The van der Waals surface area contributed by atoms with Gasteiger partial charge >= 0.3 is 0 Å². The zero-order valence-corrected chi connectivity index (χ0v) is 8.91. The Hall–Kier alpha value is -1.33. The summed E-state index contributed by atoms with van der Waals surface area (Å²) in [6.45, 7) is 6.32. The van der Waals surface area contributed by atoms with Gasteiger partial charge in [-0.2, -0.15) is 5.26 Å². The third-order valence-corrected chi connectivity index (χ3v) is 2.33. The average molecular weight is 188 g/mol. The molecule has 0 radical (unpaired) electrons. The summed E-state index contributed by atoms with van der Waals surface area (Å²) in [5.74, 6) is 0. The standard InChI is InChI=1S/C12H16N2/c1-12(2,3)11(14)10-6-4-9(8-13)5-7-10/h4-7,11H,14H2,1-3H3/t11-/m0/s1. The minimum Gasteiger partial charge on any atom is -0.324 e. The van der Waals surface area contributed by atoms with Gasteiger partial charge in [0.2, 0.25) is 0 Å². The minimum absolute atomic E-state index is 0.00948. The van der Waals surface area contributed by atoms with E-state index >= 15 is 0 Å². The smallest absolute Gasteiger partial charge is 0.0991 e. The van der Waals surface area contributed by atoms with E-state index in [1.807, 2.05) is 12.1 Å². The van der Waals surface area contributed by atoms with Gasteiger partial charge in [0.05, 0.1) is 11.6 Å². The van der Waals surface area contributed by atoms with Crippen molar-refractivity contribution >= 4 is 0 Å². The average Bonchev–Trinajstić information content (AvgIpc) is 2.15. The van der Waals surface area contributed by atoms with Gasteiger partial charge in [-0.1, -0.05) is 32.9 Å². The molecule has 0 spiro atoms. The van der Waals surface area contributed by atoms with E-state index in [4.69, 9.17) is 11.0 Å². The van der Waals surface area contributed by atoms with Crippen LogP contribution in [-0.2, 0) is 0 Å². The molecule has 0 saturated carbocycles. The maximum absolute atomic E-state index is 8.65. The second-order valence-corrected chi connectivity index (χ2v) is 4.58. The fourth-order valence-corrected chi connectivity index (χ4v) is 1.26. The van der Waals surface area contributed by atoms with Gasteiger partial charge in [0, 0.05) is 6.04 Å². The quantitative estimate of drug-likeness (QED) is 0.736. The van der Waals surface area contributed by atoms with E-state index in [1.54, 1.807) is 12.1 Å². The van der Waals surface area contributed by atoms with Crippen LogP contribution in [0.3, 0.4) is 0 Å². The molecule has 0 aliphatic heterocycles. The highest BCUT2D eigenvalue weighted by Crippen LogP contribution is 2.30. The van der Waals surface area contributed by atoms with E-state index in [-0.39, 0.29) is 11.5 Å². The first-order valence-corrected chi connectivity index (χ1v) is 4.71. The SMILES string of the molecule is CC(C)(C)[C@@H](N)c1ccc(C#N)cc1. The Morgan fingerprint density at radius 3 is 2.07 bits per heavy atom. The molecular weight excluding hydrogens is 172 g/mol. The van der Waals surface area contributed by atoms with Crippen molar-refractivity contribution in [3.05, 3.63) is 35.4 Å². The lowest BCUT2D eigenvalue weighted by atomic mass is 9.83. The van der Waals surface area contributed by atoms with E-state index in [9.17, 15) is 0 Å². The van der Waals surface area contributed by atoms with Gasteiger partial charge in [0.1, 0.15) is 0 Å². The van der Waals surface area contributed by atoms with Crippen molar-refractivity contribution in [2.45, 2.75) is 26.8 Å². The monoisotopic (exact) mass is 188 g/mol. The molecule has 2 heteroatoms. The lowest BCUT2D eigenvalue weighted by Gasteiger charge is -2.27. The molecule has 0 heterocycles. The number of rotatable bonds is 1. The summed E-state index contributed by atoms with van der Waals surface area (Å²) < 4.78 is 0. The number of nitrogens with zero attached hydrogens (tertiary/aromatic N) is 1. The van der Waals surface area contributed by atoms with Crippen LogP contribution in [-0.4, -0.2) is 0 Å². The molecule has 74 valence electrons. The summed E-state index contributed by atoms with van der Waals surface area (Å²) in [6.07, 6.45) is 0. The molecule has 1 aromatic carbocycles. The van der Waals surface area contributed by atoms with Crippen LogP contribution >= 0.6 is 0 Å². The Labute approximate surface area is 85.4 Å². The third kappa shape index (κ3) is 2.34. The number of hydrogen-bond acceptors (Lipinski definition) is 2. The van der Waals surface area contributed by atoms with Crippen molar-refractivity contribution in [3.8, 4) is 6.07 Å². The molecule has 0 saturated heterocycles. The van der Waals surface area contributed by atoms with Crippen molar-refractivity contribution in [3.63, 3.8) is 0 Å². The predicted octanol–water partition coefficient (Wildman–Crippen LogP) is 2.60. The molecule has 1 rings (SSSR count). The summed E-state index contributed by atoms with van der Waals surface area (Å²) in [5, 5.41) is 8.65. The minimum atomic E-state index is 0.00948. The summed E-state index contributed by atoms with van der Waals surface area (Å²) in [7, 11) is 0. The van der Waals surface area contributed by atoms with Crippen LogP contribution in [0.25, 0.3) is 0 Å². The summed E-state index contributed by atoms with van der Waals surface area (Å²) >= 11 is 0. The number of nitriles is 1. The zero-order chi connectivity index (χ0) is 10.8. The molecule has 0 unspecified atom stereocenters. The molecule has 0 amide bonds. The van der Waals surface area contributed by atoms with E-state index in [0.29, 0.717) is 5.56 Å². The van der Waals surface area contributed by atoms with E-state index in [1.165, 1.54) is 0 Å². The van der Waals surface area contributed by atoms with Crippen LogP contribution < -0.4 is 5.73 Å². The Morgan fingerprint density at radius 2 is 1.71 bits per heavy atom. The lowest BCUT2D eigenvalue weighted by molar-refractivity contribution is 0.327. The molecule has 0 bridgehead atoms. The second kappa shape index (κ2) is 3.81. The fraction of sp³-hybridized carbons (Fsp3) is 0.417. The van der Waals surface area contributed by atoms with Gasteiger partial charge in [0.25, 0.3) is 0 Å². The first-order valence-electron chi connectivity index (χ1n) is 4.71. The first-order chi connectivity index (χ1) is 6.45. The Balaban J connectivity index is 2.94. The molecule has 0 aromatic heterocycles. The van der Waals surface area contributed by atoms with E-state index in [2.05, 4.69) is 26.8 Å². The highest BCUT2D eigenvalue weighted by Gasteiger charge is 2.21. The summed E-state index contributed by atoms with van der Waals surface area (Å²) in [4.78, 5) is 0. The van der Waals surface area contributed by atoms with Gasteiger partial charge in [-0.25, -0.2) is 0 Å². The van der Waals surface area contributed by atoms with Crippen molar-refractivity contribution in [1.29, 1.82) is 5.26 Å². The topological polar surface area (TPSA) is 49.8 Å². The largest absolute Gasteiger partial charge is 0.324 e. The predicted molar refractivity (Wildman–Crippen MR) is 57.5 cm³/mol. The Kier molecular flexibility index (Phi) is 2.93. The molecule has 2 nitrogen and oxygen atoms in total. The fourth-order valence-electron chi connectivity index (χ4n) is 1.26. The molecule has 2 N–H and O–H groups in total. The van der Waals surface area contributed by atoms with Crippen molar-refractivity contribution < 1.29 is 0 Å². The second-order valence-electron chi connectivity index (χ2n) is 4.58. The van der Waals surface area contributed by atoms with Crippen LogP contribution in [0, 0.1) is 16.7 Å². The van der Waals surface area contributed by atoms with Crippen LogP contribution in [0.2, 0.25) is 0 Å². The molecular formula is C12H16N2. The first kappa shape index (κ1) is 10.7. The van der Waals surface area contributed by atoms with Gasteiger partial charge in [-0.15, -0.1) is 0 Å². The lowest BCUT2D eigenvalue weighted by Crippen LogP contribution is -2.26. The van der Waals surface area contributed by atoms with Crippen LogP contribution in [0.4, 0.5) is 0 Å². The Morgan fingerprint density at radius 1 is 1.21 bits per heavy atom. The molecule has 1 aromatic rings.